The smallest absolute Gasteiger partial charge is 0.307 e. The molecule has 1 amide bonds. The molecule has 0 bridgehead atoms. The Morgan fingerprint density at radius 1 is 1.16 bits per heavy atom. The van der Waals surface area contributed by atoms with Gasteiger partial charge in [-0.15, -0.1) is 0 Å². The van der Waals surface area contributed by atoms with Gasteiger partial charge < -0.3 is 10.1 Å². The minimum Gasteiger partial charge on any atom is -0.469 e. The van der Waals surface area contributed by atoms with Gasteiger partial charge in [0.25, 0.3) is 0 Å². The molecule has 0 fully saturated rings. The first-order valence-corrected chi connectivity index (χ1v) is 8.33. The van der Waals surface area contributed by atoms with Crippen molar-refractivity contribution in [2.45, 2.75) is 12.5 Å². The number of hydrogen-bond donors (Lipinski definition) is 1. The molecule has 0 heterocycles. The molecule has 1 atom stereocenters. The van der Waals surface area contributed by atoms with Crippen LogP contribution in [0.15, 0.2) is 59.1 Å². The Kier molecular flexibility index (Phi) is 6.89. The van der Waals surface area contributed by atoms with Crippen LogP contribution < -0.4 is 5.32 Å². The van der Waals surface area contributed by atoms with Crippen LogP contribution in [0.4, 0.5) is 4.39 Å². The number of hydrogen-bond acceptors (Lipinski definition) is 3. The fourth-order valence-electron chi connectivity index (χ4n) is 2.16. The van der Waals surface area contributed by atoms with E-state index in [-0.39, 0.29) is 18.1 Å². The van der Waals surface area contributed by atoms with Gasteiger partial charge >= 0.3 is 5.97 Å². The van der Waals surface area contributed by atoms with Crippen molar-refractivity contribution in [3.05, 3.63) is 76.0 Å². The number of ether oxygens (including phenoxy) is 1. The molecule has 130 valence electrons. The van der Waals surface area contributed by atoms with E-state index in [1.165, 1.54) is 25.3 Å². The van der Waals surface area contributed by atoms with E-state index >= 15 is 0 Å². The van der Waals surface area contributed by atoms with Crippen molar-refractivity contribution in [3.8, 4) is 0 Å². The Hall–Kier alpha value is -2.47. The quantitative estimate of drug-likeness (QED) is 0.583. The summed E-state index contributed by atoms with van der Waals surface area (Å²) in [6, 6.07) is 12.6. The Morgan fingerprint density at radius 2 is 1.80 bits per heavy atom. The Morgan fingerprint density at radius 3 is 2.40 bits per heavy atom. The average Bonchev–Trinajstić information content (AvgIpc) is 2.61. The molecule has 0 aromatic heterocycles. The first kappa shape index (κ1) is 18.9. The molecular formula is C19H17BrFNO3. The zero-order valence-corrected chi connectivity index (χ0v) is 15.1. The number of nitrogens with one attached hydrogen (secondary N) is 1. The molecule has 0 aliphatic heterocycles. The normalized spacial score (nSPS) is 12.0. The summed E-state index contributed by atoms with van der Waals surface area (Å²) in [5, 5.41) is 2.78. The summed E-state index contributed by atoms with van der Waals surface area (Å²) in [7, 11) is 1.30. The molecule has 0 saturated heterocycles. The summed E-state index contributed by atoms with van der Waals surface area (Å²) in [4.78, 5) is 23.8. The molecule has 0 spiro atoms. The fraction of sp³-hybridized carbons (Fsp3) is 0.158. The highest BCUT2D eigenvalue weighted by Crippen LogP contribution is 2.20. The second-order valence-electron chi connectivity index (χ2n) is 5.28. The summed E-state index contributed by atoms with van der Waals surface area (Å²) >= 11 is 3.35. The predicted octanol–water partition coefficient (Wildman–Crippen LogP) is 4.02. The standard InChI is InChI=1S/C19H17BrFNO3/c1-25-19(24)12-17(14-5-7-15(20)8-6-14)22-18(23)11-4-13-2-9-16(21)10-3-13/h2-11,17H,12H2,1H3,(H,22,23)/b11-4+. The highest BCUT2D eigenvalue weighted by molar-refractivity contribution is 9.10. The molecule has 2 rings (SSSR count). The summed E-state index contributed by atoms with van der Waals surface area (Å²) in [5.41, 5.74) is 1.49. The number of carbonyl (C=O) groups is 2. The molecule has 6 heteroatoms. The van der Waals surface area contributed by atoms with Gasteiger partial charge in [0, 0.05) is 10.5 Å². The zero-order valence-electron chi connectivity index (χ0n) is 13.5. The van der Waals surface area contributed by atoms with E-state index in [4.69, 9.17) is 4.74 Å². The molecule has 0 radical (unpaired) electrons. The van der Waals surface area contributed by atoms with Gasteiger partial charge in [0.1, 0.15) is 5.82 Å². The molecule has 0 aliphatic carbocycles. The molecule has 0 saturated carbocycles. The van der Waals surface area contributed by atoms with Crippen LogP contribution in [-0.2, 0) is 14.3 Å². The first-order valence-electron chi connectivity index (χ1n) is 7.54. The summed E-state index contributed by atoms with van der Waals surface area (Å²) in [5.74, 6) is -1.12. The van der Waals surface area contributed by atoms with Crippen LogP contribution in [0.25, 0.3) is 6.08 Å². The van der Waals surface area contributed by atoms with E-state index in [2.05, 4.69) is 21.2 Å². The van der Waals surface area contributed by atoms with E-state index in [1.54, 1.807) is 18.2 Å². The SMILES string of the molecule is COC(=O)CC(NC(=O)/C=C/c1ccc(F)cc1)c1ccc(Br)cc1. The number of rotatable bonds is 6. The van der Waals surface area contributed by atoms with E-state index in [0.29, 0.717) is 5.56 Å². The summed E-state index contributed by atoms with van der Waals surface area (Å²) in [6.07, 6.45) is 2.94. The van der Waals surface area contributed by atoms with Crippen LogP contribution in [-0.4, -0.2) is 19.0 Å². The molecule has 1 N–H and O–H groups in total. The number of esters is 1. The second-order valence-corrected chi connectivity index (χ2v) is 6.19. The maximum atomic E-state index is 12.9. The lowest BCUT2D eigenvalue weighted by Gasteiger charge is -2.17. The van der Waals surface area contributed by atoms with Crippen LogP contribution in [0, 0.1) is 5.82 Å². The minimum absolute atomic E-state index is 0.0221. The number of carbonyl (C=O) groups excluding carboxylic acids is 2. The maximum Gasteiger partial charge on any atom is 0.307 e. The first-order chi connectivity index (χ1) is 12.0. The van der Waals surface area contributed by atoms with Gasteiger partial charge in [-0.2, -0.15) is 0 Å². The van der Waals surface area contributed by atoms with Gasteiger partial charge in [0.2, 0.25) is 5.91 Å². The summed E-state index contributed by atoms with van der Waals surface area (Å²) < 4.78 is 18.5. The lowest BCUT2D eigenvalue weighted by Crippen LogP contribution is -2.29. The van der Waals surface area contributed by atoms with Crippen molar-refractivity contribution >= 4 is 33.9 Å². The third-order valence-corrected chi connectivity index (χ3v) is 4.01. The van der Waals surface area contributed by atoms with E-state index in [0.717, 1.165) is 10.0 Å². The minimum atomic E-state index is -0.508. The van der Waals surface area contributed by atoms with Gasteiger partial charge in [-0.3, -0.25) is 9.59 Å². The highest BCUT2D eigenvalue weighted by atomic mass is 79.9. The highest BCUT2D eigenvalue weighted by Gasteiger charge is 2.18. The van der Waals surface area contributed by atoms with Gasteiger partial charge in [-0.25, -0.2) is 4.39 Å². The van der Waals surface area contributed by atoms with E-state index in [1.807, 2.05) is 24.3 Å². The molecule has 1 unspecified atom stereocenters. The largest absolute Gasteiger partial charge is 0.469 e. The van der Waals surface area contributed by atoms with Crippen LogP contribution >= 0.6 is 15.9 Å². The van der Waals surface area contributed by atoms with Gasteiger partial charge in [0.15, 0.2) is 0 Å². The van der Waals surface area contributed by atoms with Crippen LogP contribution in [0.3, 0.4) is 0 Å². The predicted molar refractivity (Wildman–Crippen MR) is 97.1 cm³/mol. The number of methoxy groups -OCH3 is 1. The van der Waals surface area contributed by atoms with Crippen molar-refractivity contribution in [1.29, 1.82) is 0 Å². The molecular weight excluding hydrogens is 389 g/mol. The number of halogens is 2. The van der Waals surface area contributed by atoms with Crippen LogP contribution in [0.2, 0.25) is 0 Å². The fourth-order valence-corrected chi connectivity index (χ4v) is 2.43. The molecule has 4 nitrogen and oxygen atoms in total. The number of benzene rings is 2. The lowest BCUT2D eigenvalue weighted by molar-refractivity contribution is -0.141. The molecule has 0 aliphatic rings. The number of amides is 1. The monoisotopic (exact) mass is 405 g/mol. The zero-order chi connectivity index (χ0) is 18.2. The Balaban J connectivity index is 2.09. The van der Waals surface area contributed by atoms with Crippen molar-refractivity contribution < 1.29 is 18.7 Å². The summed E-state index contributed by atoms with van der Waals surface area (Å²) in [6.45, 7) is 0. The van der Waals surface area contributed by atoms with Gasteiger partial charge in [0.05, 0.1) is 19.6 Å². The second kappa shape index (κ2) is 9.13. The van der Waals surface area contributed by atoms with Crippen molar-refractivity contribution in [1.82, 2.24) is 5.32 Å². The van der Waals surface area contributed by atoms with Crippen molar-refractivity contribution in [2.24, 2.45) is 0 Å². The van der Waals surface area contributed by atoms with E-state index < -0.39 is 12.0 Å². The Labute approximate surface area is 153 Å². The molecule has 25 heavy (non-hydrogen) atoms. The maximum absolute atomic E-state index is 12.9. The molecule has 2 aromatic carbocycles. The third-order valence-electron chi connectivity index (χ3n) is 3.48. The average molecular weight is 406 g/mol. The topological polar surface area (TPSA) is 55.4 Å². The van der Waals surface area contributed by atoms with Gasteiger partial charge in [-0.05, 0) is 41.5 Å². The van der Waals surface area contributed by atoms with Crippen LogP contribution in [0.1, 0.15) is 23.6 Å². The van der Waals surface area contributed by atoms with Crippen molar-refractivity contribution in [3.63, 3.8) is 0 Å². The van der Waals surface area contributed by atoms with Crippen molar-refractivity contribution in [2.75, 3.05) is 7.11 Å². The Bertz CT molecular complexity index is 757. The van der Waals surface area contributed by atoms with E-state index in [9.17, 15) is 14.0 Å². The van der Waals surface area contributed by atoms with Crippen LogP contribution in [0.5, 0.6) is 0 Å². The van der Waals surface area contributed by atoms with Gasteiger partial charge in [-0.1, -0.05) is 40.2 Å². The molecule has 2 aromatic rings. The third kappa shape index (κ3) is 6.15. The lowest BCUT2D eigenvalue weighted by atomic mass is 10.0.